The molecule has 0 spiro atoms. The lowest BCUT2D eigenvalue weighted by Crippen LogP contribution is -2.47. The third kappa shape index (κ3) is 5.71. The van der Waals surface area contributed by atoms with E-state index in [2.05, 4.69) is 21.2 Å². The normalized spacial score (nSPS) is 15.4. The Morgan fingerprint density at radius 3 is 2.33 bits per heavy atom. The van der Waals surface area contributed by atoms with Crippen LogP contribution in [-0.2, 0) is 21.2 Å². The number of furan rings is 1. The van der Waals surface area contributed by atoms with Crippen molar-refractivity contribution < 1.29 is 22.4 Å². The molecule has 2 aromatic rings. The lowest BCUT2D eigenvalue weighted by atomic mass is 10.0. The molecular formula is C20H24BrN3O5S. The SMILES string of the molecule is CN(C1CCN(C(=O)Cc2ccc(NC(=O)c3ccc(Br)o3)cc2)CC1)S(C)(=O)=O. The molecule has 1 aliphatic rings. The first-order valence-corrected chi connectivity index (χ1v) is 12.1. The van der Waals surface area contributed by atoms with Crippen molar-refractivity contribution in [2.24, 2.45) is 0 Å². The molecule has 0 radical (unpaired) electrons. The van der Waals surface area contributed by atoms with Gasteiger partial charge in [0.1, 0.15) is 0 Å². The maximum atomic E-state index is 12.6. The molecule has 1 fully saturated rings. The minimum absolute atomic E-state index is 0.00711. The van der Waals surface area contributed by atoms with E-state index in [1.54, 1.807) is 48.3 Å². The standard InChI is InChI=1S/C20H24BrN3O5S/c1-23(30(2,27)28)16-9-11-24(12-10-16)19(25)13-14-3-5-15(6-4-14)22-20(26)17-7-8-18(21)29-17/h3-8,16H,9-13H2,1-2H3,(H,22,26). The summed E-state index contributed by atoms with van der Waals surface area (Å²) in [5.74, 6) is -0.148. The summed E-state index contributed by atoms with van der Waals surface area (Å²) in [6.45, 7) is 1.08. The molecule has 1 saturated heterocycles. The number of sulfonamides is 1. The zero-order valence-corrected chi connectivity index (χ0v) is 19.2. The largest absolute Gasteiger partial charge is 0.444 e. The van der Waals surface area contributed by atoms with Crippen LogP contribution in [0.4, 0.5) is 5.69 Å². The Balaban J connectivity index is 1.51. The minimum Gasteiger partial charge on any atom is -0.444 e. The number of amides is 2. The van der Waals surface area contributed by atoms with Gasteiger partial charge in [-0.05, 0) is 58.6 Å². The van der Waals surface area contributed by atoms with Crippen molar-refractivity contribution >= 4 is 43.5 Å². The van der Waals surface area contributed by atoms with Gasteiger partial charge >= 0.3 is 0 Å². The van der Waals surface area contributed by atoms with E-state index >= 15 is 0 Å². The number of hydrogen-bond acceptors (Lipinski definition) is 5. The van der Waals surface area contributed by atoms with E-state index in [0.717, 1.165) is 5.56 Å². The van der Waals surface area contributed by atoms with Crippen molar-refractivity contribution in [2.45, 2.75) is 25.3 Å². The number of rotatable bonds is 6. The Morgan fingerprint density at radius 2 is 1.80 bits per heavy atom. The van der Waals surface area contributed by atoms with Gasteiger partial charge < -0.3 is 14.6 Å². The van der Waals surface area contributed by atoms with Gasteiger partial charge in [-0.1, -0.05) is 12.1 Å². The number of halogens is 1. The van der Waals surface area contributed by atoms with Gasteiger partial charge in [0.2, 0.25) is 15.9 Å². The number of benzene rings is 1. The van der Waals surface area contributed by atoms with Crippen LogP contribution in [0.15, 0.2) is 45.5 Å². The molecule has 0 aliphatic carbocycles. The Bertz CT molecular complexity index is 1010. The second-order valence-corrected chi connectivity index (χ2v) is 10.1. The van der Waals surface area contributed by atoms with Crippen LogP contribution in [0.5, 0.6) is 0 Å². The molecule has 0 unspecified atom stereocenters. The molecule has 3 rings (SSSR count). The quantitative estimate of drug-likeness (QED) is 0.661. The van der Waals surface area contributed by atoms with E-state index in [1.807, 2.05) is 0 Å². The molecule has 162 valence electrons. The number of carbonyl (C=O) groups excluding carboxylic acids is 2. The Labute approximate surface area is 184 Å². The maximum absolute atomic E-state index is 12.6. The van der Waals surface area contributed by atoms with Gasteiger partial charge in [-0.25, -0.2) is 12.7 Å². The summed E-state index contributed by atoms with van der Waals surface area (Å²) < 4.78 is 30.4. The van der Waals surface area contributed by atoms with Crippen LogP contribution in [0, 0.1) is 0 Å². The minimum atomic E-state index is -3.23. The molecule has 1 N–H and O–H groups in total. The molecule has 2 amide bonds. The second-order valence-electron chi connectivity index (χ2n) is 7.32. The molecule has 1 aliphatic heterocycles. The molecule has 8 nitrogen and oxygen atoms in total. The second kappa shape index (κ2) is 9.32. The maximum Gasteiger partial charge on any atom is 0.291 e. The van der Waals surface area contributed by atoms with Gasteiger partial charge in [-0.2, -0.15) is 0 Å². The van der Waals surface area contributed by atoms with Crippen LogP contribution in [0.1, 0.15) is 29.0 Å². The van der Waals surface area contributed by atoms with Gasteiger partial charge in [-0.15, -0.1) is 0 Å². The number of nitrogens with zero attached hydrogens (tertiary/aromatic N) is 2. The molecule has 0 atom stereocenters. The van der Waals surface area contributed by atoms with E-state index in [0.29, 0.717) is 36.3 Å². The topological polar surface area (TPSA) is 99.9 Å². The Hall–Kier alpha value is -2.17. The molecule has 1 aromatic carbocycles. The van der Waals surface area contributed by atoms with Crippen molar-refractivity contribution in [1.82, 2.24) is 9.21 Å². The lowest BCUT2D eigenvalue weighted by molar-refractivity contribution is -0.131. The summed E-state index contributed by atoms with van der Waals surface area (Å²) in [5.41, 5.74) is 1.45. The molecule has 2 heterocycles. The van der Waals surface area contributed by atoms with Crippen LogP contribution in [0.3, 0.4) is 0 Å². The highest BCUT2D eigenvalue weighted by Gasteiger charge is 2.28. The number of carbonyl (C=O) groups is 2. The Kier molecular flexibility index (Phi) is 6.99. The first kappa shape index (κ1) is 22.5. The van der Waals surface area contributed by atoms with E-state index in [9.17, 15) is 18.0 Å². The van der Waals surface area contributed by atoms with E-state index in [-0.39, 0.29) is 30.0 Å². The molecular weight excluding hydrogens is 474 g/mol. The highest BCUT2D eigenvalue weighted by Crippen LogP contribution is 2.20. The summed E-state index contributed by atoms with van der Waals surface area (Å²) >= 11 is 3.16. The number of piperidine rings is 1. The van der Waals surface area contributed by atoms with E-state index in [4.69, 9.17) is 4.42 Å². The van der Waals surface area contributed by atoms with Crippen molar-refractivity contribution in [2.75, 3.05) is 31.7 Å². The van der Waals surface area contributed by atoms with Crippen LogP contribution < -0.4 is 5.32 Å². The van der Waals surface area contributed by atoms with Gasteiger partial charge in [0.05, 0.1) is 12.7 Å². The zero-order chi connectivity index (χ0) is 21.9. The lowest BCUT2D eigenvalue weighted by Gasteiger charge is -2.35. The fraction of sp³-hybridized carbons (Fsp3) is 0.400. The zero-order valence-electron chi connectivity index (χ0n) is 16.8. The van der Waals surface area contributed by atoms with Gasteiger partial charge in [0.15, 0.2) is 10.4 Å². The van der Waals surface area contributed by atoms with Crippen molar-refractivity contribution in [1.29, 1.82) is 0 Å². The van der Waals surface area contributed by atoms with Crippen molar-refractivity contribution in [3.63, 3.8) is 0 Å². The highest BCUT2D eigenvalue weighted by atomic mass is 79.9. The van der Waals surface area contributed by atoms with Crippen LogP contribution in [0.25, 0.3) is 0 Å². The first-order valence-electron chi connectivity index (χ1n) is 9.50. The predicted molar refractivity (Wildman–Crippen MR) is 117 cm³/mol. The molecule has 30 heavy (non-hydrogen) atoms. The average molecular weight is 498 g/mol. The summed E-state index contributed by atoms with van der Waals surface area (Å²) in [5, 5.41) is 2.74. The summed E-state index contributed by atoms with van der Waals surface area (Å²) in [7, 11) is -1.64. The number of nitrogens with one attached hydrogen (secondary N) is 1. The fourth-order valence-corrected chi connectivity index (χ4v) is 4.43. The monoisotopic (exact) mass is 497 g/mol. The van der Waals surface area contributed by atoms with Gasteiger partial charge in [0, 0.05) is 31.9 Å². The number of hydrogen-bond donors (Lipinski definition) is 1. The Morgan fingerprint density at radius 1 is 1.17 bits per heavy atom. The third-order valence-electron chi connectivity index (χ3n) is 5.22. The third-order valence-corrected chi connectivity index (χ3v) is 6.99. The van der Waals surface area contributed by atoms with E-state index in [1.165, 1.54) is 10.6 Å². The van der Waals surface area contributed by atoms with Crippen LogP contribution in [0.2, 0.25) is 0 Å². The number of anilines is 1. The average Bonchev–Trinajstić information content (AvgIpc) is 3.15. The molecule has 1 aromatic heterocycles. The molecule has 0 saturated carbocycles. The predicted octanol–water partition coefficient (Wildman–Crippen LogP) is 2.72. The van der Waals surface area contributed by atoms with Gasteiger partial charge in [0.25, 0.3) is 5.91 Å². The van der Waals surface area contributed by atoms with Crippen molar-refractivity contribution in [3.8, 4) is 0 Å². The first-order chi connectivity index (χ1) is 14.1. The highest BCUT2D eigenvalue weighted by molar-refractivity contribution is 9.10. The van der Waals surface area contributed by atoms with Crippen molar-refractivity contribution in [3.05, 3.63) is 52.4 Å². The van der Waals surface area contributed by atoms with Crippen LogP contribution >= 0.6 is 15.9 Å². The van der Waals surface area contributed by atoms with E-state index < -0.39 is 10.0 Å². The van der Waals surface area contributed by atoms with Crippen LogP contribution in [-0.4, -0.2) is 61.9 Å². The molecule has 0 bridgehead atoms. The molecule has 10 heteroatoms. The smallest absolute Gasteiger partial charge is 0.291 e. The number of likely N-dealkylation sites (tertiary alicyclic amines) is 1. The summed E-state index contributed by atoms with van der Waals surface area (Å²) in [6.07, 6.45) is 2.71. The summed E-state index contributed by atoms with van der Waals surface area (Å²) in [6, 6.07) is 10.2. The summed E-state index contributed by atoms with van der Waals surface area (Å²) in [4.78, 5) is 26.5. The van der Waals surface area contributed by atoms with Gasteiger partial charge in [-0.3, -0.25) is 9.59 Å². The fourth-order valence-electron chi connectivity index (χ4n) is 3.37.